The first-order chi connectivity index (χ1) is 9.31. The molecule has 0 atom stereocenters. The number of piperidine rings is 1. The molecule has 2 fully saturated rings. The lowest BCUT2D eigenvalue weighted by molar-refractivity contribution is 0.378. The van der Waals surface area contributed by atoms with Crippen molar-refractivity contribution in [2.75, 3.05) is 18.0 Å². The summed E-state index contributed by atoms with van der Waals surface area (Å²) in [4.78, 5) is 8.72. The Balaban J connectivity index is 1.66. The Morgan fingerprint density at radius 3 is 2.58 bits per heavy atom. The van der Waals surface area contributed by atoms with Crippen molar-refractivity contribution in [2.24, 2.45) is 11.7 Å². The molecule has 3 nitrogen and oxygen atoms in total. The summed E-state index contributed by atoms with van der Waals surface area (Å²) < 4.78 is 0. The molecule has 1 saturated heterocycles. The van der Waals surface area contributed by atoms with Crippen molar-refractivity contribution in [1.82, 2.24) is 4.98 Å². The number of nitrogens with two attached hydrogens (primary N) is 1. The first-order valence-corrected chi connectivity index (χ1v) is 8.58. The van der Waals surface area contributed by atoms with Gasteiger partial charge in [0.1, 0.15) is 0 Å². The van der Waals surface area contributed by atoms with Crippen LogP contribution in [0.1, 0.15) is 61.9 Å². The van der Waals surface area contributed by atoms with E-state index in [-0.39, 0.29) is 0 Å². The molecular formula is C15H25N3S. The lowest BCUT2D eigenvalue weighted by Gasteiger charge is -2.31. The van der Waals surface area contributed by atoms with Gasteiger partial charge in [-0.2, -0.15) is 0 Å². The maximum atomic E-state index is 5.87. The van der Waals surface area contributed by atoms with E-state index in [0.717, 1.165) is 11.8 Å². The van der Waals surface area contributed by atoms with Crippen molar-refractivity contribution in [3.05, 3.63) is 10.6 Å². The van der Waals surface area contributed by atoms with Crippen LogP contribution in [-0.2, 0) is 6.54 Å². The van der Waals surface area contributed by atoms with Gasteiger partial charge in [0.25, 0.3) is 0 Å². The van der Waals surface area contributed by atoms with E-state index in [1.165, 1.54) is 67.3 Å². The van der Waals surface area contributed by atoms with E-state index in [4.69, 9.17) is 10.7 Å². The van der Waals surface area contributed by atoms with Crippen molar-refractivity contribution in [3.63, 3.8) is 0 Å². The van der Waals surface area contributed by atoms with Crippen LogP contribution in [0.25, 0.3) is 0 Å². The van der Waals surface area contributed by atoms with Gasteiger partial charge >= 0.3 is 0 Å². The molecule has 1 aliphatic heterocycles. The topological polar surface area (TPSA) is 42.2 Å². The minimum atomic E-state index is 0.662. The number of hydrogen-bond donors (Lipinski definition) is 1. The highest BCUT2D eigenvalue weighted by atomic mass is 32.1. The summed E-state index contributed by atoms with van der Waals surface area (Å²) >= 11 is 1.84. The van der Waals surface area contributed by atoms with E-state index < -0.39 is 0 Å². The van der Waals surface area contributed by atoms with Gasteiger partial charge in [0.15, 0.2) is 5.13 Å². The molecule has 1 saturated carbocycles. The number of rotatable bonds is 5. The maximum absolute atomic E-state index is 5.87. The molecule has 0 radical (unpaired) electrons. The molecule has 0 unspecified atom stereocenters. The minimum absolute atomic E-state index is 0.662. The van der Waals surface area contributed by atoms with Crippen molar-refractivity contribution in [2.45, 2.75) is 57.9 Å². The zero-order chi connectivity index (χ0) is 13.2. The second-order valence-electron chi connectivity index (χ2n) is 6.00. The number of hydrogen-bond acceptors (Lipinski definition) is 4. The van der Waals surface area contributed by atoms with Crippen molar-refractivity contribution >= 4 is 16.5 Å². The third kappa shape index (κ3) is 2.95. The SMILES string of the molecule is CCCC1CCN(c2nc(C3CC3)c(CN)s2)CC1. The fraction of sp³-hybridized carbons (Fsp3) is 0.800. The standard InChI is InChI=1S/C15H25N3S/c1-2-3-11-6-8-18(9-7-11)15-17-14(12-4-5-12)13(10-16)19-15/h11-12H,2-10,16H2,1H3. The van der Waals surface area contributed by atoms with E-state index in [2.05, 4.69) is 11.8 Å². The molecule has 2 aliphatic rings. The van der Waals surface area contributed by atoms with Gasteiger partial charge < -0.3 is 10.6 Å². The average Bonchev–Trinajstić information content (AvgIpc) is 3.19. The van der Waals surface area contributed by atoms with Gasteiger partial charge in [0, 0.05) is 30.4 Å². The molecule has 1 aliphatic carbocycles. The van der Waals surface area contributed by atoms with Gasteiger partial charge in [-0.15, -0.1) is 11.3 Å². The smallest absolute Gasteiger partial charge is 0.185 e. The molecule has 0 spiro atoms. The van der Waals surface area contributed by atoms with Gasteiger partial charge in [0.05, 0.1) is 5.69 Å². The molecule has 1 aromatic rings. The molecule has 2 N–H and O–H groups in total. The van der Waals surface area contributed by atoms with Crippen molar-refractivity contribution < 1.29 is 0 Å². The molecule has 4 heteroatoms. The Bertz CT molecular complexity index is 417. The van der Waals surface area contributed by atoms with Crippen LogP contribution >= 0.6 is 11.3 Å². The summed E-state index contributed by atoms with van der Waals surface area (Å²) in [5.41, 5.74) is 7.19. The molecule has 106 valence electrons. The Hall–Kier alpha value is -0.610. The third-order valence-electron chi connectivity index (χ3n) is 4.45. The van der Waals surface area contributed by atoms with E-state index in [1.54, 1.807) is 0 Å². The number of anilines is 1. The van der Waals surface area contributed by atoms with Crippen LogP contribution < -0.4 is 10.6 Å². The summed E-state index contributed by atoms with van der Waals surface area (Å²) in [6, 6.07) is 0. The quantitative estimate of drug-likeness (QED) is 0.897. The first kappa shape index (κ1) is 13.4. The lowest BCUT2D eigenvalue weighted by Crippen LogP contribution is -2.33. The highest BCUT2D eigenvalue weighted by Crippen LogP contribution is 2.44. The molecule has 0 bridgehead atoms. The van der Waals surface area contributed by atoms with Crippen LogP contribution in [0.2, 0.25) is 0 Å². The van der Waals surface area contributed by atoms with Crippen LogP contribution in [0.15, 0.2) is 0 Å². The Kier molecular flexibility index (Phi) is 4.08. The molecule has 0 amide bonds. The second-order valence-corrected chi connectivity index (χ2v) is 7.06. The van der Waals surface area contributed by atoms with E-state index >= 15 is 0 Å². The van der Waals surface area contributed by atoms with Gasteiger partial charge in [-0.05, 0) is 31.6 Å². The fourth-order valence-corrected chi connectivity index (χ4v) is 4.21. The summed E-state index contributed by atoms with van der Waals surface area (Å²) in [7, 11) is 0. The molecular weight excluding hydrogens is 254 g/mol. The van der Waals surface area contributed by atoms with Crippen LogP contribution in [0, 0.1) is 5.92 Å². The predicted molar refractivity (Wildman–Crippen MR) is 81.8 cm³/mol. The summed E-state index contributed by atoms with van der Waals surface area (Å²) in [6.45, 7) is 5.33. The van der Waals surface area contributed by atoms with Gasteiger partial charge in [0.2, 0.25) is 0 Å². The highest BCUT2D eigenvalue weighted by Gasteiger charge is 2.30. The number of aromatic nitrogens is 1. The van der Waals surface area contributed by atoms with Crippen LogP contribution in [0.3, 0.4) is 0 Å². The van der Waals surface area contributed by atoms with Gasteiger partial charge in [-0.3, -0.25) is 0 Å². The third-order valence-corrected chi connectivity index (χ3v) is 5.60. The monoisotopic (exact) mass is 279 g/mol. The summed E-state index contributed by atoms with van der Waals surface area (Å²) in [5.74, 6) is 1.67. The zero-order valence-corrected chi connectivity index (χ0v) is 12.7. The lowest BCUT2D eigenvalue weighted by atomic mass is 9.93. The Labute approximate surface area is 120 Å². The molecule has 3 rings (SSSR count). The maximum Gasteiger partial charge on any atom is 0.185 e. The van der Waals surface area contributed by atoms with Gasteiger partial charge in [-0.25, -0.2) is 4.98 Å². The second kappa shape index (κ2) is 5.80. The van der Waals surface area contributed by atoms with E-state index in [1.807, 2.05) is 11.3 Å². The molecule has 1 aromatic heterocycles. The number of thiazole rings is 1. The van der Waals surface area contributed by atoms with Crippen molar-refractivity contribution in [1.29, 1.82) is 0 Å². The molecule has 2 heterocycles. The minimum Gasteiger partial charge on any atom is -0.348 e. The Morgan fingerprint density at radius 2 is 2.00 bits per heavy atom. The summed E-state index contributed by atoms with van der Waals surface area (Å²) in [6.07, 6.45) is 8.02. The van der Waals surface area contributed by atoms with E-state index in [0.29, 0.717) is 6.54 Å². The average molecular weight is 279 g/mol. The summed E-state index contributed by atoms with van der Waals surface area (Å²) in [5, 5.41) is 1.23. The fourth-order valence-electron chi connectivity index (χ4n) is 3.13. The Morgan fingerprint density at radius 1 is 1.26 bits per heavy atom. The van der Waals surface area contributed by atoms with Gasteiger partial charge in [-0.1, -0.05) is 19.8 Å². The van der Waals surface area contributed by atoms with Crippen LogP contribution in [0.4, 0.5) is 5.13 Å². The first-order valence-electron chi connectivity index (χ1n) is 7.76. The molecule has 0 aromatic carbocycles. The molecule has 19 heavy (non-hydrogen) atoms. The van der Waals surface area contributed by atoms with E-state index in [9.17, 15) is 0 Å². The highest BCUT2D eigenvalue weighted by molar-refractivity contribution is 7.15. The van der Waals surface area contributed by atoms with Crippen LogP contribution in [0.5, 0.6) is 0 Å². The number of nitrogens with zero attached hydrogens (tertiary/aromatic N) is 2. The van der Waals surface area contributed by atoms with Crippen LogP contribution in [-0.4, -0.2) is 18.1 Å². The van der Waals surface area contributed by atoms with Crippen molar-refractivity contribution in [3.8, 4) is 0 Å². The zero-order valence-electron chi connectivity index (χ0n) is 11.9. The predicted octanol–water partition coefficient (Wildman–Crippen LogP) is 3.50. The largest absolute Gasteiger partial charge is 0.348 e. The normalized spacial score (nSPS) is 21.1.